The molecule has 1 aliphatic rings. The molecule has 1 fully saturated rings. The molecule has 0 atom stereocenters. The Morgan fingerprint density at radius 2 is 1.94 bits per heavy atom. The summed E-state index contributed by atoms with van der Waals surface area (Å²) < 4.78 is 5.26. The molecule has 0 unspecified atom stereocenters. The van der Waals surface area contributed by atoms with E-state index in [1.165, 1.54) is 0 Å². The number of methoxy groups -OCH3 is 1. The summed E-state index contributed by atoms with van der Waals surface area (Å²) in [6.45, 7) is 3.99. The zero-order valence-electron chi connectivity index (χ0n) is 10.1. The van der Waals surface area contributed by atoms with Crippen molar-refractivity contribution >= 4 is 0 Å². The van der Waals surface area contributed by atoms with Crippen molar-refractivity contribution in [1.82, 2.24) is 0 Å². The Bertz CT molecular complexity index is 409. The van der Waals surface area contributed by atoms with Crippen molar-refractivity contribution in [3.63, 3.8) is 0 Å². The molecule has 3 heteroatoms. The molecule has 1 aromatic rings. The van der Waals surface area contributed by atoms with Gasteiger partial charge in [0.2, 0.25) is 0 Å². The molecule has 3 nitrogen and oxygen atoms in total. The van der Waals surface area contributed by atoms with Crippen LogP contribution in [-0.4, -0.2) is 18.3 Å². The molecule has 0 aliphatic heterocycles. The lowest BCUT2D eigenvalue weighted by Crippen LogP contribution is -2.49. The van der Waals surface area contributed by atoms with E-state index in [1.807, 2.05) is 26.0 Å². The van der Waals surface area contributed by atoms with Crippen LogP contribution < -0.4 is 10.5 Å². The number of rotatable bonds is 2. The Morgan fingerprint density at radius 1 is 1.31 bits per heavy atom. The third kappa shape index (κ3) is 1.70. The first-order valence-electron chi connectivity index (χ1n) is 5.60. The first-order valence-corrected chi connectivity index (χ1v) is 5.60. The lowest BCUT2D eigenvalue weighted by atomic mass is 9.70. The summed E-state index contributed by atoms with van der Waals surface area (Å²) in [4.78, 5) is 0. The van der Waals surface area contributed by atoms with Crippen molar-refractivity contribution in [2.45, 2.75) is 38.3 Å². The van der Waals surface area contributed by atoms with Crippen LogP contribution in [0.1, 0.15) is 29.5 Å². The topological polar surface area (TPSA) is 55.5 Å². The predicted octanol–water partition coefficient (Wildman–Crippen LogP) is 1.62. The van der Waals surface area contributed by atoms with Gasteiger partial charge >= 0.3 is 0 Å². The van der Waals surface area contributed by atoms with Gasteiger partial charge in [0, 0.05) is 6.04 Å². The van der Waals surface area contributed by atoms with Gasteiger partial charge in [0.25, 0.3) is 0 Å². The van der Waals surface area contributed by atoms with E-state index in [2.05, 4.69) is 0 Å². The van der Waals surface area contributed by atoms with E-state index in [1.54, 1.807) is 7.11 Å². The molecule has 0 spiro atoms. The van der Waals surface area contributed by atoms with Crippen LogP contribution in [0.2, 0.25) is 0 Å². The SMILES string of the molecule is COc1cc(C)c(C2(O)CC(N)C2)cc1C. The summed E-state index contributed by atoms with van der Waals surface area (Å²) in [5.74, 6) is 0.869. The number of aliphatic hydroxyl groups is 1. The molecular formula is C13H19NO2. The van der Waals surface area contributed by atoms with Crippen LogP contribution in [0.3, 0.4) is 0 Å². The van der Waals surface area contributed by atoms with Gasteiger partial charge in [-0.1, -0.05) is 0 Å². The number of benzene rings is 1. The van der Waals surface area contributed by atoms with Crippen LogP contribution >= 0.6 is 0 Å². The van der Waals surface area contributed by atoms with Crippen molar-refractivity contribution in [2.24, 2.45) is 5.73 Å². The smallest absolute Gasteiger partial charge is 0.122 e. The molecule has 0 aromatic heterocycles. The summed E-state index contributed by atoms with van der Waals surface area (Å²) in [5, 5.41) is 10.4. The van der Waals surface area contributed by atoms with Gasteiger partial charge in [-0.25, -0.2) is 0 Å². The van der Waals surface area contributed by atoms with Crippen LogP contribution in [0, 0.1) is 13.8 Å². The second kappa shape index (κ2) is 3.75. The molecule has 16 heavy (non-hydrogen) atoms. The van der Waals surface area contributed by atoms with Crippen LogP contribution in [0.4, 0.5) is 0 Å². The Hall–Kier alpha value is -1.06. The highest BCUT2D eigenvalue weighted by Crippen LogP contribution is 2.43. The Balaban J connectivity index is 2.39. The summed E-state index contributed by atoms with van der Waals surface area (Å²) in [5.41, 5.74) is 8.14. The van der Waals surface area contributed by atoms with E-state index in [0.717, 1.165) is 22.4 Å². The second-order valence-corrected chi connectivity index (χ2v) is 4.84. The van der Waals surface area contributed by atoms with Crippen LogP contribution in [0.5, 0.6) is 5.75 Å². The maximum Gasteiger partial charge on any atom is 0.122 e. The standard InChI is InChI=1S/C13H19NO2/c1-8-5-12(16-3)9(2)4-11(8)13(15)6-10(14)7-13/h4-5,10,15H,6-7,14H2,1-3H3. The fourth-order valence-corrected chi connectivity index (χ4v) is 2.54. The third-order valence-electron chi connectivity index (χ3n) is 3.44. The normalized spacial score (nSPS) is 28.7. The maximum absolute atomic E-state index is 10.4. The Labute approximate surface area is 96.2 Å². The summed E-state index contributed by atoms with van der Waals surface area (Å²) in [6, 6.07) is 4.12. The monoisotopic (exact) mass is 221 g/mol. The molecule has 88 valence electrons. The zero-order valence-corrected chi connectivity index (χ0v) is 10.1. The summed E-state index contributed by atoms with van der Waals surface area (Å²) >= 11 is 0. The van der Waals surface area contributed by atoms with Crippen LogP contribution in [-0.2, 0) is 5.60 Å². The van der Waals surface area contributed by atoms with Gasteiger partial charge in [0.15, 0.2) is 0 Å². The van der Waals surface area contributed by atoms with E-state index >= 15 is 0 Å². The van der Waals surface area contributed by atoms with E-state index < -0.39 is 5.60 Å². The zero-order chi connectivity index (χ0) is 11.9. The second-order valence-electron chi connectivity index (χ2n) is 4.84. The summed E-state index contributed by atoms with van der Waals surface area (Å²) in [6.07, 6.45) is 1.30. The largest absolute Gasteiger partial charge is 0.496 e. The van der Waals surface area contributed by atoms with Crippen LogP contribution in [0.15, 0.2) is 12.1 Å². The molecule has 0 amide bonds. The quantitative estimate of drug-likeness (QED) is 0.798. The predicted molar refractivity (Wildman–Crippen MR) is 63.6 cm³/mol. The van der Waals surface area contributed by atoms with Gasteiger partial charge < -0.3 is 15.6 Å². The molecule has 0 saturated heterocycles. The van der Waals surface area contributed by atoms with Crippen molar-refractivity contribution in [3.05, 3.63) is 28.8 Å². The Morgan fingerprint density at radius 3 is 2.44 bits per heavy atom. The van der Waals surface area contributed by atoms with Crippen LogP contribution in [0.25, 0.3) is 0 Å². The minimum absolute atomic E-state index is 0.131. The highest BCUT2D eigenvalue weighted by molar-refractivity contribution is 5.45. The van der Waals surface area contributed by atoms with Gasteiger partial charge in [0.1, 0.15) is 5.75 Å². The minimum atomic E-state index is -0.722. The number of hydrogen-bond acceptors (Lipinski definition) is 3. The number of ether oxygens (including phenoxy) is 1. The van der Waals surface area contributed by atoms with E-state index in [0.29, 0.717) is 12.8 Å². The lowest BCUT2D eigenvalue weighted by Gasteiger charge is -2.43. The van der Waals surface area contributed by atoms with Gasteiger partial charge in [-0.15, -0.1) is 0 Å². The molecule has 0 bridgehead atoms. The molecule has 0 radical (unpaired) electrons. The number of aryl methyl sites for hydroxylation is 2. The fourth-order valence-electron chi connectivity index (χ4n) is 2.54. The van der Waals surface area contributed by atoms with Gasteiger partial charge in [-0.3, -0.25) is 0 Å². The average Bonchev–Trinajstić information content (AvgIpc) is 2.18. The average molecular weight is 221 g/mol. The fraction of sp³-hybridized carbons (Fsp3) is 0.538. The van der Waals surface area contributed by atoms with Gasteiger partial charge in [-0.2, -0.15) is 0 Å². The number of nitrogens with two attached hydrogens (primary N) is 1. The first-order chi connectivity index (χ1) is 7.46. The molecule has 1 saturated carbocycles. The minimum Gasteiger partial charge on any atom is -0.496 e. The summed E-state index contributed by atoms with van der Waals surface area (Å²) in [7, 11) is 1.66. The Kier molecular flexibility index (Phi) is 2.68. The molecule has 3 N–H and O–H groups in total. The third-order valence-corrected chi connectivity index (χ3v) is 3.44. The molecular weight excluding hydrogens is 202 g/mol. The van der Waals surface area contributed by atoms with Crippen molar-refractivity contribution in [3.8, 4) is 5.75 Å². The van der Waals surface area contributed by atoms with E-state index in [-0.39, 0.29) is 6.04 Å². The lowest BCUT2D eigenvalue weighted by molar-refractivity contribution is -0.0528. The van der Waals surface area contributed by atoms with E-state index in [4.69, 9.17) is 10.5 Å². The molecule has 2 rings (SSSR count). The van der Waals surface area contributed by atoms with Crippen molar-refractivity contribution < 1.29 is 9.84 Å². The molecule has 1 aliphatic carbocycles. The maximum atomic E-state index is 10.4. The van der Waals surface area contributed by atoms with Crippen molar-refractivity contribution in [1.29, 1.82) is 0 Å². The van der Waals surface area contributed by atoms with Gasteiger partial charge in [-0.05, 0) is 55.5 Å². The highest BCUT2D eigenvalue weighted by Gasteiger charge is 2.43. The molecule has 1 aromatic carbocycles. The highest BCUT2D eigenvalue weighted by atomic mass is 16.5. The van der Waals surface area contributed by atoms with Gasteiger partial charge in [0.05, 0.1) is 12.7 Å². The van der Waals surface area contributed by atoms with E-state index in [9.17, 15) is 5.11 Å². The number of hydrogen-bond donors (Lipinski definition) is 2. The molecule has 0 heterocycles. The van der Waals surface area contributed by atoms with Crippen molar-refractivity contribution in [2.75, 3.05) is 7.11 Å². The first kappa shape index (κ1) is 11.4.